The van der Waals surface area contributed by atoms with Crippen molar-refractivity contribution in [3.63, 3.8) is 0 Å². The van der Waals surface area contributed by atoms with Gasteiger partial charge in [0.1, 0.15) is 4.83 Å². The van der Waals surface area contributed by atoms with Crippen LogP contribution >= 0.6 is 11.3 Å². The van der Waals surface area contributed by atoms with E-state index in [-0.39, 0.29) is 11.6 Å². The molecule has 0 fully saturated rings. The summed E-state index contributed by atoms with van der Waals surface area (Å²) in [6.45, 7) is 0.762. The first-order chi connectivity index (χ1) is 17.1. The van der Waals surface area contributed by atoms with Crippen LogP contribution in [0.2, 0.25) is 0 Å². The van der Waals surface area contributed by atoms with Gasteiger partial charge in [0.25, 0.3) is 5.56 Å². The van der Waals surface area contributed by atoms with E-state index in [1.807, 2.05) is 16.7 Å². The molecule has 0 saturated heterocycles. The molecule has 0 amide bonds. The molecule has 180 valence electrons. The van der Waals surface area contributed by atoms with E-state index in [0.29, 0.717) is 6.04 Å². The Morgan fingerprint density at radius 2 is 1.83 bits per heavy atom. The SMILES string of the molecule is COc1ccc(CN[C@@H]2CCc3c(sc4ncn(C5Cc6ccccc6C5)c(=O)c34)C2)cc1OC. The molecule has 0 radical (unpaired) electrons. The molecule has 0 saturated carbocycles. The van der Waals surface area contributed by atoms with Gasteiger partial charge in [-0.1, -0.05) is 30.3 Å². The highest BCUT2D eigenvalue weighted by Gasteiger charge is 2.28. The zero-order valence-corrected chi connectivity index (χ0v) is 20.9. The highest BCUT2D eigenvalue weighted by molar-refractivity contribution is 7.18. The molecule has 2 aliphatic rings. The highest BCUT2D eigenvalue weighted by Crippen LogP contribution is 2.35. The molecule has 1 atom stereocenters. The van der Waals surface area contributed by atoms with Crippen molar-refractivity contribution >= 4 is 21.6 Å². The Labute approximate surface area is 208 Å². The number of nitrogens with zero attached hydrogens (tertiary/aromatic N) is 2. The number of ether oxygens (including phenoxy) is 2. The molecule has 2 aliphatic carbocycles. The van der Waals surface area contributed by atoms with Gasteiger partial charge in [0.15, 0.2) is 11.5 Å². The van der Waals surface area contributed by atoms with Gasteiger partial charge in [0, 0.05) is 23.5 Å². The van der Waals surface area contributed by atoms with Crippen molar-refractivity contribution in [1.29, 1.82) is 0 Å². The minimum absolute atomic E-state index is 0.127. The predicted molar refractivity (Wildman–Crippen MR) is 139 cm³/mol. The summed E-state index contributed by atoms with van der Waals surface area (Å²) in [5.41, 5.74) is 5.20. The average Bonchev–Trinajstić information content (AvgIpc) is 3.48. The molecule has 0 bridgehead atoms. The fourth-order valence-corrected chi connectivity index (χ4v) is 6.86. The van der Waals surface area contributed by atoms with E-state index in [1.165, 1.54) is 21.6 Å². The Kier molecular flexibility index (Phi) is 5.82. The van der Waals surface area contributed by atoms with Crippen LogP contribution in [0.25, 0.3) is 10.2 Å². The Morgan fingerprint density at radius 3 is 2.57 bits per heavy atom. The van der Waals surface area contributed by atoms with Crippen molar-refractivity contribution in [2.24, 2.45) is 0 Å². The summed E-state index contributed by atoms with van der Waals surface area (Å²) >= 11 is 1.69. The zero-order valence-electron chi connectivity index (χ0n) is 20.0. The lowest BCUT2D eigenvalue weighted by molar-refractivity contribution is 0.354. The van der Waals surface area contributed by atoms with E-state index in [1.54, 1.807) is 31.9 Å². The first-order valence-electron chi connectivity index (χ1n) is 12.2. The minimum atomic E-state index is 0.127. The van der Waals surface area contributed by atoms with Crippen molar-refractivity contribution in [2.75, 3.05) is 14.2 Å². The maximum absolute atomic E-state index is 13.6. The number of hydrogen-bond donors (Lipinski definition) is 1. The van der Waals surface area contributed by atoms with Gasteiger partial charge in [-0.05, 0) is 66.5 Å². The fourth-order valence-electron chi connectivity index (χ4n) is 5.60. The molecule has 2 aromatic heterocycles. The third kappa shape index (κ3) is 4.02. The monoisotopic (exact) mass is 487 g/mol. The molecule has 0 unspecified atom stereocenters. The van der Waals surface area contributed by atoms with Gasteiger partial charge in [0.05, 0.1) is 25.9 Å². The highest BCUT2D eigenvalue weighted by atomic mass is 32.1. The summed E-state index contributed by atoms with van der Waals surface area (Å²) in [5.74, 6) is 1.48. The van der Waals surface area contributed by atoms with Gasteiger partial charge >= 0.3 is 0 Å². The van der Waals surface area contributed by atoms with Gasteiger partial charge in [-0.3, -0.25) is 9.36 Å². The van der Waals surface area contributed by atoms with Crippen LogP contribution in [0, 0.1) is 0 Å². The van der Waals surface area contributed by atoms with Crippen LogP contribution in [-0.2, 0) is 32.2 Å². The number of hydrogen-bond acceptors (Lipinski definition) is 6. The molecule has 1 N–H and O–H groups in total. The second-order valence-electron chi connectivity index (χ2n) is 9.48. The standard InChI is InChI=1S/C28H29N3O3S/c1-33-23-10-7-17(11-24(23)34-2)15-29-20-8-9-22-25(14-20)35-27-26(22)28(32)31(16-30-27)21-12-18-5-3-4-6-19(18)13-21/h3-7,10-11,16,20-21,29H,8-9,12-15H2,1-2H3/t20-/m1/s1. The number of fused-ring (bicyclic) bond motifs is 4. The normalized spacial score (nSPS) is 17.4. The molecule has 35 heavy (non-hydrogen) atoms. The average molecular weight is 488 g/mol. The van der Waals surface area contributed by atoms with Gasteiger partial charge < -0.3 is 14.8 Å². The number of methoxy groups -OCH3 is 2. The zero-order chi connectivity index (χ0) is 23.9. The molecule has 2 aromatic carbocycles. The van der Waals surface area contributed by atoms with Gasteiger partial charge in [-0.2, -0.15) is 0 Å². The van der Waals surface area contributed by atoms with Crippen LogP contribution in [0.1, 0.15) is 39.6 Å². The number of aromatic nitrogens is 2. The third-order valence-corrected chi connectivity index (χ3v) is 8.62. The molecular formula is C28H29N3O3S. The molecule has 0 spiro atoms. The topological polar surface area (TPSA) is 65.4 Å². The Morgan fingerprint density at radius 1 is 1.06 bits per heavy atom. The molecule has 6 rings (SSSR count). The Bertz CT molecular complexity index is 1430. The Hall–Kier alpha value is -3.16. The molecule has 0 aliphatic heterocycles. The van der Waals surface area contributed by atoms with Crippen molar-refractivity contribution in [1.82, 2.24) is 14.9 Å². The van der Waals surface area contributed by atoms with Crippen LogP contribution < -0.4 is 20.3 Å². The lowest BCUT2D eigenvalue weighted by Gasteiger charge is -2.23. The predicted octanol–water partition coefficient (Wildman–Crippen LogP) is 4.46. The maximum atomic E-state index is 13.6. The first-order valence-corrected chi connectivity index (χ1v) is 13.0. The Balaban J connectivity index is 1.20. The van der Waals surface area contributed by atoms with Crippen molar-refractivity contribution in [3.8, 4) is 11.5 Å². The molecule has 6 nitrogen and oxygen atoms in total. The lowest BCUT2D eigenvalue weighted by Crippen LogP contribution is -2.34. The third-order valence-electron chi connectivity index (χ3n) is 7.46. The molecular weight excluding hydrogens is 458 g/mol. The van der Waals surface area contributed by atoms with E-state index in [2.05, 4.69) is 35.6 Å². The smallest absolute Gasteiger partial charge is 0.262 e. The summed E-state index contributed by atoms with van der Waals surface area (Å²) in [7, 11) is 3.31. The summed E-state index contributed by atoms with van der Waals surface area (Å²) in [5, 5.41) is 4.55. The van der Waals surface area contributed by atoms with Crippen molar-refractivity contribution < 1.29 is 9.47 Å². The summed E-state index contributed by atoms with van der Waals surface area (Å²) in [6.07, 6.45) is 6.42. The summed E-state index contributed by atoms with van der Waals surface area (Å²) in [4.78, 5) is 20.5. The van der Waals surface area contributed by atoms with Crippen LogP contribution in [0.3, 0.4) is 0 Å². The van der Waals surface area contributed by atoms with E-state index in [0.717, 1.165) is 65.9 Å². The summed E-state index contributed by atoms with van der Waals surface area (Å²) in [6, 6.07) is 15.1. The minimum Gasteiger partial charge on any atom is -0.493 e. The number of aryl methyl sites for hydroxylation is 1. The number of nitrogens with one attached hydrogen (secondary N) is 1. The van der Waals surface area contributed by atoms with Crippen molar-refractivity contribution in [3.05, 3.63) is 86.3 Å². The fraction of sp³-hybridized carbons (Fsp3) is 0.357. The van der Waals surface area contributed by atoms with Gasteiger partial charge in [0.2, 0.25) is 0 Å². The number of thiophene rings is 1. The maximum Gasteiger partial charge on any atom is 0.262 e. The van der Waals surface area contributed by atoms with Gasteiger partial charge in [-0.25, -0.2) is 4.98 Å². The van der Waals surface area contributed by atoms with Crippen LogP contribution in [0.5, 0.6) is 11.5 Å². The van der Waals surface area contributed by atoms with Crippen LogP contribution in [0.15, 0.2) is 53.6 Å². The summed E-state index contributed by atoms with van der Waals surface area (Å²) < 4.78 is 12.7. The second kappa shape index (κ2) is 9.13. The van der Waals surface area contributed by atoms with E-state index >= 15 is 0 Å². The van der Waals surface area contributed by atoms with E-state index < -0.39 is 0 Å². The molecule has 2 heterocycles. The van der Waals surface area contributed by atoms with Crippen LogP contribution in [0.4, 0.5) is 0 Å². The molecule has 7 heteroatoms. The lowest BCUT2D eigenvalue weighted by atomic mass is 9.93. The first kappa shape index (κ1) is 22.3. The number of rotatable bonds is 6. The molecule has 4 aromatic rings. The van der Waals surface area contributed by atoms with E-state index in [9.17, 15) is 4.79 Å². The van der Waals surface area contributed by atoms with Gasteiger partial charge in [-0.15, -0.1) is 11.3 Å². The largest absolute Gasteiger partial charge is 0.493 e. The van der Waals surface area contributed by atoms with Crippen LogP contribution in [-0.4, -0.2) is 29.8 Å². The quantitative estimate of drug-likeness (QED) is 0.435. The van der Waals surface area contributed by atoms with Crippen molar-refractivity contribution in [2.45, 2.75) is 50.7 Å². The number of benzene rings is 2. The van der Waals surface area contributed by atoms with E-state index in [4.69, 9.17) is 14.5 Å². The second-order valence-corrected chi connectivity index (χ2v) is 10.6.